The van der Waals surface area contributed by atoms with E-state index in [9.17, 15) is 4.79 Å². The number of benzene rings is 1. The molecular weight excluding hydrogens is 286 g/mol. The molecule has 0 heterocycles. The van der Waals surface area contributed by atoms with Gasteiger partial charge < -0.3 is 9.64 Å². The van der Waals surface area contributed by atoms with Gasteiger partial charge in [-0.1, -0.05) is 57.2 Å². The van der Waals surface area contributed by atoms with E-state index in [1.807, 2.05) is 50.3 Å². The van der Waals surface area contributed by atoms with Crippen LogP contribution in [0.25, 0.3) is 0 Å². The molecule has 0 aliphatic heterocycles. The second-order valence-electron chi connectivity index (χ2n) is 7.13. The maximum absolute atomic E-state index is 12.6. The molecule has 128 valence electrons. The second kappa shape index (κ2) is 8.19. The van der Waals surface area contributed by atoms with Crippen LogP contribution < -0.4 is 0 Å². The Morgan fingerprint density at radius 1 is 1.17 bits per heavy atom. The van der Waals surface area contributed by atoms with Crippen LogP contribution in [0.2, 0.25) is 0 Å². The summed E-state index contributed by atoms with van der Waals surface area (Å²) < 4.78 is 6.10. The van der Waals surface area contributed by atoms with Gasteiger partial charge in [0.1, 0.15) is 5.60 Å². The predicted molar refractivity (Wildman–Crippen MR) is 96.4 cm³/mol. The molecule has 1 amide bonds. The molecule has 0 spiro atoms. The van der Waals surface area contributed by atoms with E-state index in [2.05, 4.69) is 27.4 Å². The highest BCUT2D eigenvalue weighted by molar-refractivity contribution is 5.68. The minimum atomic E-state index is -0.680. The molecule has 3 nitrogen and oxygen atoms in total. The predicted octanol–water partition coefficient (Wildman–Crippen LogP) is 5.37. The van der Waals surface area contributed by atoms with Crippen LogP contribution in [0, 0.1) is 5.41 Å². The van der Waals surface area contributed by atoms with Crippen molar-refractivity contribution < 1.29 is 9.53 Å². The SMILES string of the molecule is C=CCC(CC(C)(C)C)(OC(=O)N(CC)CC)c1ccccc1. The summed E-state index contributed by atoms with van der Waals surface area (Å²) >= 11 is 0. The molecule has 0 N–H and O–H groups in total. The van der Waals surface area contributed by atoms with Gasteiger partial charge in [-0.3, -0.25) is 0 Å². The van der Waals surface area contributed by atoms with Crippen LogP contribution in [0.1, 0.15) is 53.0 Å². The third kappa shape index (κ3) is 5.42. The highest BCUT2D eigenvalue weighted by Gasteiger charge is 2.39. The van der Waals surface area contributed by atoms with Crippen LogP contribution in [-0.4, -0.2) is 24.1 Å². The van der Waals surface area contributed by atoms with Gasteiger partial charge in [0.25, 0.3) is 0 Å². The normalized spacial score (nSPS) is 14.0. The van der Waals surface area contributed by atoms with Crippen molar-refractivity contribution in [3.63, 3.8) is 0 Å². The molecule has 0 aliphatic carbocycles. The van der Waals surface area contributed by atoms with E-state index in [4.69, 9.17) is 4.74 Å². The minimum absolute atomic E-state index is 0.0163. The monoisotopic (exact) mass is 317 g/mol. The summed E-state index contributed by atoms with van der Waals surface area (Å²) in [5.41, 5.74) is 0.360. The van der Waals surface area contributed by atoms with E-state index in [0.29, 0.717) is 19.5 Å². The van der Waals surface area contributed by atoms with E-state index < -0.39 is 5.60 Å². The van der Waals surface area contributed by atoms with Crippen LogP contribution in [0.5, 0.6) is 0 Å². The van der Waals surface area contributed by atoms with Crippen molar-refractivity contribution in [1.82, 2.24) is 4.90 Å². The molecule has 0 aromatic heterocycles. The van der Waals surface area contributed by atoms with E-state index in [1.165, 1.54) is 0 Å². The zero-order chi connectivity index (χ0) is 17.5. The average molecular weight is 317 g/mol. The molecule has 0 aliphatic rings. The van der Waals surface area contributed by atoms with Gasteiger partial charge in [-0.15, -0.1) is 6.58 Å². The molecule has 0 fully saturated rings. The van der Waals surface area contributed by atoms with Gasteiger partial charge in [0, 0.05) is 19.5 Å². The van der Waals surface area contributed by atoms with Crippen molar-refractivity contribution in [1.29, 1.82) is 0 Å². The first-order valence-corrected chi connectivity index (χ1v) is 8.42. The first-order chi connectivity index (χ1) is 10.8. The van der Waals surface area contributed by atoms with Crippen molar-refractivity contribution in [3.05, 3.63) is 48.6 Å². The number of hydrogen-bond donors (Lipinski definition) is 0. The topological polar surface area (TPSA) is 29.5 Å². The van der Waals surface area contributed by atoms with Crippen molar-refractivity contribution in [2.75, 3.05) is 13.1 Å². The molecule has 0 saturated carbocycles. The van der Waals surface area contributed by atoms with Gasteiger partial charge in [0.15, 0.2) is 0 Å². The number of carbonyl (C=O) groups excluding carboxylic acids is 1. The van der Waals surface area contributed by atoms with Gasteiger partial charge in [0.2, 0.25) is 0 Å². The Morgan fingerprint density at radius 3 is 2.17 bits per heavy atom. The fourth-order valence-corrected chi connectivity index (χ4v) is 2.97. The highest BCUT2D eigenvalue weighted by atomic mass is 16.6. The number of hydrogen-bond acceptors (Lipinski definition) is 2. The molecule has 1 rings (SSSR count). The summed E-state index contributed by atoms with van der Waals surface area (Å²) in [4.78, 5) is 14.3. The molecule has 1 unspecified atom stereocenters. The van der Waals surface area contributed by atoms with Crippen LogP contribution in [0.3, 0.4) is 0 Å². The zero-order valence-electron chi connectivity index (χ0n) is 15.3. The first kappa shape index (κ1) is 19.3. The van der Waals surface area contributed by atoms with Crippen molar-refractivity contribution in [2.24, 2.45) is 5.41 Å². The molecule has 3 heteroatoms. The lowest BCUT2D eigenvalue weighted by atomic mass is 9.76. The summed E-state index contributed by atoms with van der Waals surface area (Å²) in [5, 5.41) is 0. The van der Waals surface area contributed by atoms with E-state index >= 15 is 0 Å². The van der Waals surface area contributed by atoms with Crippen molar-refractivity contribution >= 4 is 6.09 Å². The first-order valence-electron chi connectivity index (χ1n) is 8.42. The molecule has 0 bridgehead atoms. The summed E-state index contributed by atoms with van der Waals surface area (Å²) in [6, 6.07) is 10.0. The summed E-state index contributed by atoms with van der Waals surface area (Å²) in [7, 11) is 0. The molecule has 23 heavy (non-hydrogen) atoms. The van der Waals surface area contributed by atoms with Gasteiger partial charge >= 0.3 is 6.09 Å². The molecule has 1 atom stereocenters. The Labute approximate surface area is 141 Å². The molecular formula is C20H31NO2. The lowest BCUT2D eigenvalue weighted by Gasteiger charge is -2.39. The molecule has 1 aromatic rings. The zero-order valence-corrected chi connectivity index (χ0v) is 15.3. The smallest absolute Gasteiger partial charge is 0.410 e. The van der Waals surface area contributed by atoms with Gasteiger partial charge in [-0.2, -0.15) is 0 Å². The number of nitrogens with zero attached hydrogens (tertiary/aromatic N) is 1. The Hall–Kier alpha value is -1.77. The maximum atomic E-state index is 12.6. The Bertz CT molecular complexity index is 500. The molecule has 1 aromatic carbocycles. The maximum Gasteiger partial charge on any atom is 0.410 e. The fraction of sp³-hybridized carbons (Fsp3) is 0.550. The number of amides is 1. The summed E-state index contributed by atoms with van der Waals surface area (Å²) in [6.45, 7) is 15.6. The fourth-order valence-electron chi connectivity index (χ4n) is 2.97. The largest absolute Gasteiger partial charge is 0.438 e. The van der Waals surface area contributed by atoms with Crippen molar-refractivity contribution in [2.45, 2.75) is 53.1 Å². The molecule has 0 radical (unpaired) electrons. The second-order valence-corrected chi connectivity index (χ2v) is 7.13. The van der Waals surface area contributed by atoms with E-state index in [0.717, 1.165) is 12.0 Å². The van der Waals surface area contributed by atoms with Crippen LogP contribution in [0.4, 0.5) is 4.79 Å². The quantitative estimate of drug-likeness (QED) is 0.632. The number of ether oxygens (including phenoxy) is 1. The summed E-state index contributed by atoms with van der Waals surface area (Å²) in [5.74, 6) is 0. The third-order valence-electron chi connectivity index (χ3n) is 3.89. The standard InChI is InChI=1S/C20H31NO2/c1-7-15-20(16-19(4,5)6,17-13-11-10-12-14-17)23-18(22)21(8-2)9-3/h7,10-14H,1,8-9,15-16H2,2-6H3. The van der Waals surface area contributed by atoms with Crippen LogP contribution in [0.15, 0.2) is 43.0 Å². The Balaban J connectivity index is 3.27. The summed E-state index contributed by atoms with van der Waals surface area (Å²) in [6.07, 6.45) is 2.92. The highest BCUT2D eigenvalue weighted by Crippen LogP contribution is 2.41. The number of rotatable bonds is 7. The lowest BCUT2D eigenvalue weighted by Crippen LogP contribution is -2.41. The van der Waals surface area contributed by atoms with Gasteiger partial charge in [0.05, 0.1) is 0 Å². The Kier molecular flexibility index (Phi) is 6.86. The van der Waals surface area contributed by atoms with Crippen LogP contribution in [-0.2, 0) is 10.3 Å². The van der Waals surface area contributed by atoms with Gasteiger partial charge in [-0.05, 0) is 31.2 Å². The van der Waals surface area contributed by atoms with Crippen molar-refractivity contribution in [3.8, 4) is 0 Å². The molecule has 0 saturated heterocycles. The number of carbonyl (C=O) groups is 1. The average Bonchev–Trinajstić information content (AvgIpc) is 2.48. The van der Waals surface area contributed by atoms with E-state index in [1.54, 1.807) is 4.90 Å². The third-order valence-corrected chi connectivity index (χ3v) is 3.89. The minimum Gasteiger partial charge on any atom is -0.438 e. The lowest BCUT2D eigenvalue weighted by molar-refractivity contribution is -0.0360. The Morgan fingerprint density at radius 2 is 1.74 bits per heavy atom. The van der Waals surface area contributed by atoms with E-state index in [-0.39, 0.29) is 11.5 Å². The van der Waals surface area contributed by atoms with Gasteiger partial charge in [-0.25, -0.2) is 4.79 Å². The van der Waals surface area contributed by atoms with Crippen LogP contribution >= 0.6 is 0 Å².